The number of aryl methyl sites for hydroxylation is 1. The van der Waals surface area contributed by atoms with Gasteiger partial charge >= 0.3 is 17.9 Å². The first kappa shape index (κ1) is 51.0. The predicted octanol–water partition coefficient (Wildman–Crippen LogP) is 8.07. The van der Waals surface area contributed by atoms with E-state index in [0.717, 1.165) is 44.2 Å². The van der Waals surface area contributed by atoms with Gasteiger partial charge in [0.15, 0.2) is 0 Å². The molecule has 1 fully saturated rings. The van der Waals surface area contributed by atoms with Crippen molar-refractivity contribution in [3.8, 4) is 0 Å². The number of hydrogen-bond acceptors (Lipinski definition) is 8. The normalized spacial score (nSPS) is 14.1. The summed E-state index contributed by atoms with van der Waals surface area (Å²) in [7, 11) is 0. The predicted molar refractivity (Wildman–Crippen MR) is 225 cm³/mol. The van der Waals surface area contributed by atoms with E-state index in [4.69, 9.17) is 5.11 Å². The summed E-state index contributed by atoms with van der Waals surface area (Å²) in [5, 5.41) is 30.7. The second kappa shape index (κ2) is 31.8. The summed E-state index contributed by atoms with van der Waals surface area (Å²) < 4.78 is 0. The highest BCUT2D eigenvalue weighted by atomic mass is 16.4. The smallest absolute Gasteiger partial charge is 0.306 e. The van der Waals surface area contributed by atoms with Crippen LogP contribution in [0, 0.1) is 17.8 Å². The van der Waals surface area contributed by atoms with Crippen LogP contribution >= 0.6 is 0 Å². The summed E-state index contributed by atoms with van der Waals surface area (Å²) in [5.41, 5.74) is 0.817. The van der Waals surface area contributed by atoms with Gasteiger partial charge < -0.3 is 30.5 Å². The number of H-pyrrole nitrogens is 1. The third-order valence-electron chi connectivity index (χ3n) is 11.7. The zero-order valence-corrected chi connectivity index (χ0v) is 35.6. The Kier molecular flexibility index (Phi) is 27.5. The zero-order chi connectivity index (χ0) is 43.1. The highest BCUT2D eigenvalue weighted by Crippen LogP contribution is 2.24. The van der Waals surface area contributed by atoms with Crippen LogP contribution in [0.25, 0.3) is 0 Å². The molecule has 5 N–H and O–H groups in total. The van der Waals surface area contributed by atoms with Crippen LogP contribution in [0.3, 0.4) is 0 Å². The number of carbonyl (C=O) groups is 7. The van der Waals surface area contributed by atoms with Gasteiger partial charge in [-0.15, -0.1) is 0 Å². The fourth-order valence-electron chi connectivity index (χ4n) is 7.88. The van der Waals surface area contributed by atoms with Crippen molar-refractivity contribution in [2.24, 2.45) is 17.8 Å². The van der Waals surface area contributed by atoms with Crippen molar-refractivity contribution < 1.29 is 48.9 Å². The van der Waals surface area contributed by atoms with Gasteiger partial charge in [-0.05, 0) is 51.4 Å². The second-order valence-corrected chi connectivity index (χ2v) is 16.7. The summed E-state index contributed by atoms with van der Waals surface area (Å²) >= 11 is 0. The molecule has 2 rings (SSSR count). The molecule has 0 bridgehead atoms. The Bertz CT molecular complexity index is 1380. The number of amides is 2. The third kappa shape index (κ3) is 25.2. The lowest BCUT2D eigenvalue weighted by molar-refractivity contribution is -0.145. The lowest BCUT2D eigenvalue weighted by atomic mass is 9.86. The molecule has 0 aliphatic carbocycles. The molecule has 1 aromatic heterocycles. The number of nitrogens with zero attached hydrogens (tertiary/aromatic N) is 2. The number of Topliss-reactive ketones (excluding diaryl/α,β-unsaturated/α-hetero) is 2. The number of aromatic nitrogens is 2. The van der Waals surface area contributed by atoms with E-state index in [9.17, 15) is 43.8 Å². The number of piperidine rings is 1. The maximum absolute atomic E-state index is 13.1. The van der Waals surface area contributed by atoms with Crippen molar-refractivity contribution in [2.75, 3.05) is 19.6 Å². The minimum absolute atomic E-state index is 0.0355. The van der Waals surface area contributed by atoms with E-state index in [-0.39, 0.29) is 67.8 Å². The summed E-state index contributed by atoms with van der Waals surface area (Å²) in [6.07, 6.45) is 25.5. The van der Waals surface area contributed by atoms with Crippen molar-refractivity contribution in [2.45, 2.75) is 186 Å². The fraction of sp³-hybridized carbons (Fsp3) is 0.778. The maximum Gasteiger partial charge on any atom is 0.306 e. The van der Waals surface area contributed by atoms with E-state index < -0.39 is 29.7 Å². The summed E-state index contributed by atoms with van der Waals surface area (Å²) in [4.78, 5) is 93.4. The number of nitrogens with one attached hydrogen (secondary N) is 2. The monoisotopic (exact) mass is 831 g/mol. The summed E-state index contributed by atoms with van der Waals surface area (Å²) in [6, 6.07) is 0. The molecule has 59 heavy (non-hydrogen) atoms. The number of ketones is 2. The molecule has 1 aliphatic rings. The highest BCUT2D eigenvalue weighted by Gasteiger charge is 2.30. The standard InChI is InChI=1S/C45H74N4O10/c50-39(24-23-38-33-46-34-48-38)31-36(44(56)57)19-17-18-28-47-41(52)25-22-37(45(58)59)32-40(51)35-26-29-49(30-27-35)42(53)20-15-13-11-9-7-5-3-1-2-4-6-8-10-12-14-16-21-43(54)55/h33-37H,1-32H2,(H,46,48)(H,47,52)(H,54,55)(H,56,57)(H,58,59)/t36-,37-/m1/s1. The van der Waals surface area contributed by atoms with Crippen molar-refractivity contribution >= 4 is 41.3 Å². The van der Waals surface area contributed by atoms with E-state index in [1.807, 2.05) is 4.90 Å². The maximum atomic E-state index is 13.1. The van der Waals surface area contributed by atoms with Gasteiger partial charge in [-0.3, -0.25) is 33.6 Å². The number of aromatic amines is 1. The molecular weight excluding hydrogens is 757 g/mol. The number of rotatable bonds is 37. The van der Waals surface area contributed by atoms with Crippen molar-refractivity contribution in [3.05, 3.63) is 18.2 Å². The van der Waals surface area contributed by atoms with Crippen molar-refractivity contribution in [1.82, 2.24) is 20.2 Å². The average molecular weight is 831 g/mol. The molecule has 0 saturated carbocycles. The van der Waals surface area contributed by atoms with Gasteiger partial charge in [0.2, 0.25) is 11.8 Å². The first-order valence-corrected chi connectivity index (χ1v) is 22.7. The number of carboxylic acid groups (broad SMARTS) is 3. The Balaban J connectivity index is 1.47. The Morgan fingerprint density at radius 1 is 0.644 bits per heavy atom. The van der Waals surface area contributed by atoms with Gasteiger partial charge in [0.05, 0.1) is 18.2 Å². The van der Waals surface area contributed by atoms with Crippen LogP contribution in [0.1, 0.15) is 185 Å². The first-order valence-electron chi connectivity index (χ1n) is 22.7. The van der Waals surface area contributed by atoms with Crippen LogP contribution in [-0.2, 0) is 40.0 Å². The number of unbranched alkanes of at least 4 members (excludes halogenated alkanes) is 16. The van der Waals surface area contributed by atoms with Crippen LogP contribution in [-0.4, -0.2) is 91.1 Å². The molecule has 2 atom stereocenters. The molecule has 0 aromatic carbocycles. The Hall–Kier alpha value is -4.10. The van der Waals surface area contributed by atoms with Gasteiger partial charge in [-0.1, -0.05) is 96.3 Å². The zero-order valence-electron chi connectivity index (χ0n) is 35.6. The Morgan fingerprint density at radius 2 is 1.17 bits per heavy atom. The molecule has 0 spiro atoms. The topological polar surface area (TPSA) is 224 Å². The quantitative estimate of drug-likeness (QED) is 0.0403. The summed E-state index contributed by atoms with van der Waals surface area (Å²) in [6.45, 7) is 1.30. The van der Waals surface area contributed by atoms with E-state index in [2.05, 4.69) is 15.3 Å². The van der Waals surface area contributed by atoms with Crippen LogP contribution in [0.4, 0.5) is 0 Å². The summed E-state index contributed by atoms with van der Waals surface area (Å²) in [5.74, 6) is -5.33. The van der Waals surface area contributed by atoms with E-state index in [1.54, 1.807) is 6.20 Å². The average Bonchev–Trinajstić information content (AvgIpc) is 3.74. The minimum atomic E-state index is -1.11. The largest absolute Gasteiger partial charge is 0.481 e. The lowest BCUT2D eigenvalue weighted by Gasteiger charge is -2.32. The molecule has 0 unspecified atom stereocenters. The number of carbonyl (C=O) groups excluding carboxylic acids is 4. The van der Waals surface area contributed by atoms with Crippen LogP contribution < -0.4 is 5.32 Å². The van der Waals surface area contributed by atoms with E-state index >= 15 is 0 Å². The molecule has 0 radical (unpaired) electrons. The van der Waals surface area contributed by atoms with Crippen molar-refractivity contribution in [1.29, 1.82) is 0 Å². The van der Waals surface area contributed by atoms with Gasteiger partial charge in [0.25, 0.3) is 0 Å². The van der Waals surface area contributed by atoms with E-state index in [1.165, 1.54) is 70.5 Å². The van der Waals surface area contributed by atoms with E-state index in [0.29, 0.717) is 64.6 Å². The van der Waals surface area contributed by atoms with Crippen molar-refractivity contribution in [3.63, 3.8) is 0 Å². The van der Waals surface area contributed by atoms with Gasteiger partial charge in [0.1, 0.15) is 11.6 Å². The molecule has 1 aromatic rings. The lowest BCUT2D eigenvalue weighted by Crippen LogP contribution is -2.40. The molecular formula is C45H74N4O10. The Morgan fingerprint density at radius 3 is 1.68 bits per heavy atom. The van der Waals surface area contributed by atoms with Crippen LogP contribution in [0.2, 0.25) is 0 Å². The number of aliphatic carboxylic acids is 3. The number of hydrogen-bond donors (Lipinski definition) is 5. The molecule has 2 amide bonds. The highest BCUT2D eigenvalue weighted by molar-refractivity contribution is 5.86. The number of carboxylic acids is 3. The number of imidazole rings is 1. The SMILES string of the molecule is O=C(O)CCCCCCCCCCCCCCCCCCC(=O)N1CCC(C(=O)C[C@@H](CCC(=O)NCCCC[C@H](CC(=O)CCc2cnc[nH]2)C(=O)O)C(=O)O)CC1. The third-order valence-corrected chi connectivity index (χ3v) is 11.7. The molecule has 1 saturated heterocycles. The fourth-order valence-corrected chi connectivity index (χ4v) is 7.88. The van der Waals surface area contributed by atoms with Gasteiger partial charge in [-0.2, -0.15) is 0 Å². The van der Waals surface area contributed by atoms with Crippen LogP contribution in [0.15, 0.2) is 12.5 Å². The Labute approximate surface area is 351 Å². The first-order chi connectivity index (χ1) is 28.5. The molecule has 14 nitrogen and oxygen atoms in total. The second-order valence-electron chi connectivity index (χ2n) is 16.7. The molecule has 14 heteroatoms. The molecule has 334 valence electrons. The van der Waals surface area contributed by atoms with Gasteiger partial charge in [0, 0.05) is 76.0 Å². The van der Waals surface area contributed by atoms with Gasteiger partial charge in [-0.25, -0.2) is 4.98 Å². The molecule has 2 heterocycles. The molecule has 1 aliphatic heterocycles. The number of likely N-dealkylation sites (tertiary alicyclic amines) is 1. The minimum Gasteiger partial charge on any atom is -0.481 e. The van der Waals surface area contributed by atoms with Crippen LogP contribution in [0.5, 0.6) is 0 Å².